The van der Waals surface area contributed by atoms with Crippen molar-refractivity contribution in [1.29, 1.82) is 0 Å². The Morgan fingerprint density at radius 3 is 1.46 bits per heavy atom. The van der Waals surface area contributed by atoms with Gasteiger partial charge in [0.05, 0.1) is 0 Å². The van der Waals surface area contributed by atoms with Crippen LogP contribution in [0.15, 0.2) is 148 Å². The Hall–Kier alpha value is -6.12. The van der Waals surface area contributed by atoms with Crippen molar-refractivity contribution < 1.29 is 8.83 Å². The van der Waals surface area contributed by atoms with E-state index in [2.05, 4.69) is 147 Å². The van der Waals surface area contributed by atoms with Crippen molar-refractivity contribution in [2.75, 3.05) is 0 Å². The van der Waals surface area contributed by atoms with Gasteiger partial charge >= 0.3 is 0 Å². The van der Waals surface area contributed by atoms with E-state index in [1.54, 1.807) is 0 Å². The van der Waals surface area contributed by atoms with Crippen molar-refractivity contribution in [1.82, 2.24) is 0 Å². The van der Waals surface area contributed by atoms with Gasteiger partial charge in [0.15, 0.2) is 11.2 Å². The zero-order valence-electron chi connectivity index (χ0n) is 26.7. The van der Waals surface area contributed by atoms with Crippen LogP contribution in [0.1, 0.15) is 18.1 Å². The third-order valence-corrected chi connectivity index (χ3v) is 10.1. The zero-order valence-corrected chi connectivity index (χ0v) is 26.7. The molecule has 8 aromatic carbocycles. The van der Waals surface area contributed by atoms with Gasteiger partial charge in [-0.05, 0) is 97.7 Å². The van der Waals surface area contributed by atoms with Crippen LogP contribution in [0.5, 0.6) is 0 Å². The molecule has 0 aliphatic carbocycles. The first-order valence-corrected chi connectivity index (χ1v) is 16.6. The maximum atomic E-state index is 6.69. The average Bonchev–Trinajstić information content (AvgIpc) is 3.71. The van der Waals surface area contributed by atoms with Crippen LogP contribution < -0.4 is 0 Å². The Labute approximate surface area is 277 Å². The Bertz CT molecular complexity index is 2910. The third kappa shape index (κ3) is 3.74. The molecule has 0 radical (unpaired) electrons. The number of allylic oxidation sites excluding steroid dienone is 1. The number of hydrogen-bond acceptors (Lipinski definition) is 2. The SMILES string of the molecule is C/C=C\c1ccc(-c2c3ccccc3c(-c3ccc4oc5c6oc7ccccc7c6c6ccccc6c5c4c3)c3ccccc23)cc1C. The monoisotopic (exact) mass is 614 g/mol. The highest BCUT2D eigenvalue weighted by molar-refractivity contribution is 6.34. The molecular weight excluding hydrogens is 585 g/mol. The van der Waals surface area contributed by atoms with Gasteiger partial charge in [0.1, 0.15) is 11.2 Å². The number of fused-ring (bicyclic) bond motifs is 12. The summed E-state index contributed by atoms with van der Waals surface area (Å²) >= 11 is 0. The molecule has 0 fully saturated rings. The first-order valence-electron chi connectivity index (χ1n) is 16.6. The maximum Gasteiger partial charge on any atom is 0.179 e. The number of rotatable bonds is 3. The van der Waals surface area contributed by atoms with E-state index < -0.39 is 0 Å². The Balaban J connectivity index is 1.30. The standard InChI is InChI=1S/C46H30O2/c1-3-12-28-21-22-29(25-27(28)2)41-31-13-4-6-15-33(31)42(34-16-7-5-14-32(34)41)30-23-24-40-38(26-30)44-36-18-9-8-17-35(36)43-37-19-10-11-20-39(37)47-45(43)46(44)48-40/h3-26H,1-2H3/b12-3-. The second-order valence-electron chi connectivity index (χ2n) is 12.8. The fourth-order valence-corrected chi connectivity index (χ4v) is 8.02. The van der Waals surface area contributed by atoms with Crippen molar-refractivity contribution in [3.63, 3.8) is 0 Å². The van der Waals surface area contributed by atoms with E-state index >= 15 is 0 Å². The predicted octanol–water partition coefficient (Wildman–Crippen LogP) is 13.6. The van der Waals surface area contributed by atoms with Crippen LogP contribution in [0, 0.1) is 6.92 Å². The van der Waals surface area contributed by atoms with Gasteiger partial charge in [-0.25, -0.2) is 0 Å². The third-order valence-electron chi connectivity index (χ3n) is 10.1. The summed E-state index contributed by atoms with van der Waals surface area (Å²) < 4.78 is 13.2. The normalized spacial score (nSPS) is 12.3. The molecule has 2 nitrogen and oxygen atoms in total. The molecule has 0 aliphatic rings. The Morgan fingerprint density at radius 2 is 0.896 bits per heavy atom. The lowest BCUT2D eigenvalue weighted by Gasteiger charge is -2.18. The van der Waals surface area contributed by atoms with E-state index in [1.807, 2.05) is 12.1 Å². The van der Waals surface area contributed by atoms with Gasteiger partial charge in [0, 0.05) is 21.5 Å². The minimum Gasteiger partial charge on any atom is -0.452 e. The van der Waals surface area contributed by atoms with Crippen molar-refractivity contribution in [2.45, 2.75) is 13.8 Å². The number of para-hydroxylation sites is 1. The van der Waals surface area contributed by atoms with Crippen LogP contribution >= 0.6 is 0 Å². The van der Waals surface area contributed by atoms with E-state index in [0.29, 0.717) is 0 Å². The van der Waals surface area contributed by atoms with Crippen molar-refractivity contribution in [3.8, 4) is 22.3 Å². The summed E-state index contributed by atoms with van der Waals surface area (Å²) in [5.74, 6) is 0. The quantitative estimate of drug-likeness (QED) is 0.185. The first-order chi connectivity index (χ1) is 23.7. The molecule has 10 aromatic rings. The van der Waals surface area contributed by atoms with Crippen LogP contribution in [-0.4, -0.2) is 0 Å². The van der Waals surface area contributed by atoms with Gasteiger partial charge in [0.2, 0.25) is 0 Å². The topological polar surface area (TPSA) is 26.3 Å². The largest absolute Gasteiger partial charge is 0.452 e. The lowest BCUT2D eigenvalue weighted by Crippen LogP contribution is -1.92. The summed E-state index contributed by atoms with van der Waals surface area (Å²) in [6.07, 6.45) is 4.28. The van der Waals surface area contributed by atoms with E-state index in [4.69, 9.17) is 8.83 Å². The lowest BCUT2D eigenvalue weighted by atomic mass is 9.85. The highest BCUT2D eigenvalue weighted by Crippen LogP contribution is 2.48. The summed E-state index contributed by atoms with van der Waals surface area (Å²) in [7, 11) is 0. The van der Waals surface area contributed by atoms with Crippen LogP contribution in [0.4, 0.5) is 0 Å². The highest BCUT2D eigenvalue weighted by Gasteiger charge is 2.22. The van der Waals surface area contributed by atoms with Gasteiger partial charge in [0.25, 0.3) is 0 Å². The smallest absolute Gasteiger partial charge is 0.179 e. The van der Waals surface area contributed by atoms with Gasteiger partial charge < -0.3 is 8.83 Å². The minimum absolute atomic E-state index is 0.800. The highest BCUT2D eigenvalue weighted by atomic mass is 16.4. The second kappa shape index (κ2) is 10.2. The molecular formula is C46H30O2. The molecule has 2 heteroatoms. The van der Waals surface area contributed by atoms with Crippen molar-refractivity contribution >= 4 is 82.3 Å². The molecule has 2 aromatic heterocycles. The molecule has 10 rings (SSSR count). The summed E-state index contributed by atoms with van der Waals surface area (Å²) in [6, 6.07) is 48.1. The summed E-state index contributed by atoms with van der Waals surface area (Å²) in [5.41, 5.74) is 10.8. The van der Waals surface area contributed by atoms with Crippen LogP contribution in [0.3, 0.4) is 0 Å². The van der Waals surface area contributed by atoms with E-state index in [0.717, 1.165) is 49.4 Å². The molecule has 0 atom stereocenters. The van der Waals surface area contributed by atoms with Gasteiger partial charge in [-0.15, -0.1) is 0 Å². The molecule has 0 saturated heterocycles. The second-order valence-corrected chi connectivity index (χ2v) is 12.8. The molecule has 0 bridgehead atoms. The number of benzene rings is 8. The fourth-order valence-electron chi connectivity index (χ4n) is 8.02. The van der Waals surface area contributed by atoms with Crippen LogP contribution in [0.25, 0.3) is 105 Å². The number of hydrogen-bond donors (Lipinski definition) is 0. The summed E-state index contributed by atoms with van der Waals surface area (Å²) in [6.45, 7) is 4.27. The molecule has 226 valence electrons. The van der Waals surface area contributed by atoms with Gasteiger partial charge in [-0.3, -0.25) is 0 Å². The Morgan fingerprint density at radius 1 is 0.438 bits per heavy atom. The van der Waals surface area contributed by atoms with Gasteiger partial charge in [-0.1, -0.05) is 127 Å². The van der Waals surface area contributed by atoms with E-state index in [-0.39, 0.29) is 0 Å². The molecule has 48 heavy (non-hydrogen) atoms. The fraction of sp³-hybridized carbons (Fsp3) is 0.0435. The first kappa shape index (κ1) is 27.0. The molecule has 0 aliphatic heterocycles. The molecule has 0 amide bonds. The zero-order chi connectivity index (χ0) is 31.9. The van der Waals surface area contributed by atoms with Crippen LogP contribution in [0.2, 0.25) is 0 Å². The van der Waals surface area contributed by atoms with Crippen molar-refractivity contribution in [3.05, 3.63) is 151 Å². The summed E-state index contributed by atoms with van der Waals surface area (Å²) in [5, 5.41) is 11.7. The summed E-state index contributed by atoms with van der Waals surface area (Å²) in [4.78, 5) is 0. The van der Waals surface area contributed by atoms with Crippen LogP contribution in [-0.2, 0) is 0 Å². The van der Waals surface area contributed by atoms with E-state index in [1.165, 1.54) is 60.1 Å². The van der Waals surface area contributed by atoms with Crippen molar-refractivity contribution in [2.24, 2.45) is 0 Å². The molecule has 0 spiro atoms. The maximum absolute atomic E-state index is 6.69. The molecule has 0 unspecified atom stereocenters. The number of furan rings is 2. The van der Waals surface area contributed by atoms with Gasteiger partial charge in [-0.2, -0.15) is 0 Å². The molecule has 0 N–H and O–H groups in total. The Kier molecular flexibility index (Phi) is 5.74. The predicted molar refractivity (Wildman–Crippen MR) is 204 cm³/mol. The number of aryl methyl sites for hydroxylation is 1. The minimum atomic E-state index is 0.800. The molecule has 0 saturated carbocycles. The molecule has 2 heterocycles. The van der Waals surface area contributed by atoms with E-state index in [9.17, 15) is 0 Å². The average molecular weight is 615 g/mol. The lowest BCUT2D eigenvalue weighted by molar-refractivity contribution is 0.633.